The standard InChI is InChI=1S/C19H21FN4O2S/c1-12-21-22-18(27-12)13-6-8-23(9-7-13)19(26)14-10-17(25)24(11-14)16-4-2-15(20)3-5-16/h2-5,13-14H,6-11H2,1H3/t14-/m0/s1. The van der Waals surface area contributed by atoms with Crippen LogP contribution in [0.5, 0.6) is 0 Å². The second kappa shape index (κ2) is 7.34. The van der Waals surface area contributed by atoms with E-state index in [1.54, 1.807) is 28.4 Å². The van der Waals surface area contributed by atoms with E-state index < -0.39 is 0 Å². The Balaban J connectivity index is 1.36. The molecule has 0 unspecified atom stereocenters. The molecule has 2 fully saturated rings. The van der Waals surface area contributed by atoms with Crippen molar-refractivity contribution in [2.75, 3.05) is 24.5 Å². The van der Waals surface area contributed by atoms with Crippen molar-refractivity contribution in [2.24, 2.45) is 5.92 Å². The molecule has 1 aromatic heterocycles. The number of rotatable bonds is 3. The summed E-state index contributed by atoms with van der Waals surface area (Å²) < 4.78 is 13.1. The lowest BCUT2D eigenvalue weighted by Crippen LogP contribution is -2.42. The number of nitrogens with zero attached hydrogens (tertiary/aromatic N) is 4. The topological polar surface area (TPSA) is 66.4 Å². The minimum absolute atomic E-state index is 0.0415. The van der Waals surface area contributed by atoms with Crippen LogP contribution in [0.2, 0.25) is 0 Å². The van der Waals surface area contributed by atoms with E-state index in [9.17, 15) is 14.0 Å². The van der Waals surface area contributed by atoms with Crippen LogP contribution in [0.1, 0.15) is 35.2 Å². The van der Waals surface area contributed by atoms with Crippen molar-refractivity contribution < 1.29 is 14.0 Å². The van der Waals surface area contributed by atoms with Crippen LogP contribution in [-0.4, -0.2) is 46.5 Å². The number of hydrogen-bond donors (Lipinski definition) is 0. The molecule has 3 heterocycles. The molecule has 2 amide bonds. The first kappa shape index (κ1) is 18.0. The van der Waals surface area contributed by atoms with E-state index >= 15 is 0 Å². The van der Waals surface area contributed by atoms with Crippen molar-refractivity contribution in [2.45, 2.75) is 32.1 Å². The highest BCUT2D eigenvalue weighted by Gasteiger charge is 2.38. The molecule has 0 aliphatic carbocycles. The fourth-order valence-electron chi connectivity index (χ4n) is 3.83. The van der Waals surface area contributed by atoms with Gasteiger partial charge in [-0.25, -0.2) is 4.39 Å². The van der Waals surface area contributed by atoms with Crippen LogP contribution in [-0.2, 0) is 9.59 Å². The second-order valence-electron chi connectivity index (χ2n) is 7.14. The Bertz CT molecular complexity index is 846. The van der Waals surface area contributed by atoms with E-state index in [4.69, 9.17) is 0 Å². The van der Waals surface area contributed by atoms with Gasteiger partial charge in [-0.3, -0.25) is 9.59 Å². The average Bonchev–Trinajstić information content (AvgIpc) is 3.28. The lowest BCUT2D eigenvalue weighted by Gasteiger charge is -2.32. The zero-order chi connectivity index (χ0) is 19.0. The normalized spacial score (nSPS) is 21.1. The summed E-state index contributed by atoms with van der Waals surface area (Å²) in [4.78, 5) is 28.7. The predicted molar refractivity (Wildman–Crippen MR) is 100 cm³/mol. The van der Waals surface area contributed by atoms with Crippen LogP contribution in [0, 0.1) is 18.7 Å². The third-order valence-electron chi connectivity index (χ3n) is 5.31. The molecule has 1 atom stereocenters. The molecule has 0 radical (unpaired) electrons. The number of piperidine rings is 1. The monoisotopic (exact) mass is 388 g/mol. The maximum Gasteiger partial charge on any atom is 0.228 e. The van der Waals surface area contributed by atoms with Crippen molar-refractivity contribution in [3.63, 3.8) is 0 Å². The number of carbonyl (C=O) groups excluding carboxylic acids is 2. The number of aryl methyl sites for hydroxylation is 1. The van der Waals surface area contributed by atoms with Gasteiger partial charge in [0.1, 0.15) is 15.8 Å². The first-order valence-electron chi connectivity index (χ1n) is 9.16. The molecular formula is C19H21FN4O2S. The number of halogens is 1. The van der Waals surface area contributed by atoms with Gasteiger partial charge in [0.25, 0.3) is 0 Å². The zero-order valence-corrected chi connectivity index (χ0v) is 15.9. The molecule has 6 nitrogen and oxygen atoms in total. The molecule has 142 valence electrons. The summed E-state index contributed by atoms with van der Waals surface area (Å²) in [5.74, 6) is -0.352. The van der Waals surface area contributed by atoms with Gasteiger partial charge in [0.05, 0.1) is 5.92 Å². The number of hydrogen-bond acceptors (Lipinski definition) is 5. The van der Waals surface area contributed by atoms with Gasteiger partial charge in [-0.05, 0) is 44.0 Å². The Morgan fingerprint density at radius 2 is 1.89 bits per heavy atom. The lowest BCUT2D eigenvalue weighted by molar-refractivity contribution is -0.136. The molecule has 1 aromatic carbocycles. The van der Waals surface area contributed by atoms with Crippen molar-refractivity contribution in [1.82, 2.24) is 15.1 Å². The summed E-state index contributed by atoms with van der Waals surface area (Å²) in [7, 11) is 0. The van der Waals surface area contributed by atoms with Gasteiger partial charge in [-0.2, -0.15) is 0 Å². The van der Waals surface area contributed by atoms with E-state index in [0.717, 1.165) is 22.9 Å². The Kier molecular flexibility index (Phi) is 4.90. The third kappa shape index (κ3) is 3.71. The van der Waals surface area contributed by atoms with Crippen LogP contribution in [0.4, 0.5) is 10.1 Å². The maximum absolute atomic E-state index is 13.1. The number of amides is 2. The van der Waals surface area contributed by atoms with E-state index in [0.29, 0.717) is 31.2 Å². The number of aromatic nitrogens is 2. The zero-order valence-electron chi connectivity index (χ0n) is 15.1. The Morgan fingerprint density at radius 1 is 1.19 bits per heavy atom. The molecule has 0 saturated carbocycles. The lowest BCUT2D eigenvalue weighted by atomic mass is 9.96. The predicted octanol–water partition coefficient (Wildman–Crippen LogP) is 2.74. The SMILES string of the molecule is Cc1nnc(C2CCN(C(=O)[C@H]3CC(=O)N(c4ccc(F)cc4)C3)CC2)s1. The molecule has 2 aliphatic heterocycles. The fraction of sp³-hybridized carbons (Fsp3) is 0.474. The Labute approximate surface area is 161 Å². The molecule has 27 heavy (non-hydrogen) atoms. The first-order valence-corrected chi connectivity index (χ1v) is 9.97. The van der Waals surface area contributed by atoms with Gasteiger partial charge in [-0.15, -0.1) is 21.5 Å². The molecule has 0 spiro atoms. The average molecular weight is 388 g/mol. The van der Waals surface area contributed by atoms with Crippen LogP contribution >= 0.6 is 11.3 Å². The van der Waals surface area contributed by atoms with Crippen LogP contribution in [0.3, 0.4) is 0 Å². The van der Waals surface area contributed by atoms with E-state index in [1.165, 1.54) is 12.1 Å². The molecule has 2 aromatic rings. The number of benzene rings is 1. The third-order valence-corrected chi connectivity index (χ3v) is 6.31. The van der Waals surface area contributed by atoms with Gasteiger partial charge in [0, 0.05) is 37.7 Å². The smallest absolute Gasteiger partial charge is 0.228 e. The number of carbonyl (C=O) groups is 2. The molecular weight excluding hydrogens is 367 g/mol. The van der Waals surface area contributed by atoms with E-state index in [1.807, 2.05) is 11.8 Å². The molecule has 0 bridgehead atoms. The van der Waals surface area contributed by atoms with Gasteiger partial charge < -0.3 is 9.80 Å². The molecule has 2 aliphatic rings. The van der Waals surface area contributed by atoms with E-state index in [2.05, 4.69) is 10.2 Å². The fourth-order valence-corrected chi connectivity index (χ4v) is 4.69. The number of likely N-dealkylation sites (tertiary alicyclic amines) is 1. The van der Waals surface area contributed by atoms with Crippen molar-refractivity contribution in [3.05, 3.63) is 40.1 Å². The highest BCUT2D eigenvalue weighted by Crippen LogP contribution is 2.32. The Morgan fingerprint density at radius 3 is 2.52 bits per heavy atom. The van der Waals surface area contributed by atoms with Crippen molar-refractivity contribution in [1.29, 1.82) is 0 Å². The van der Waals surface area contributed by atoms with Crippen LogP contribution in [0.25, 0.3) is 0 Å². The highest BCUT2D eigenvalue weighted by molar-refractivity contribution is 7.11. The van der Waals surface area contributed by atoms with Gasteiger partial charge in [0.15, 0.2) is 0 Å². The van der Waals surface area contributed by atoms with Crippen molar-refractivity contribution in [3.8, 4) is 0 Å². The molecule has 2 saturated heterocycles. The summed E-state index contributed by atoms with van der Waals surface area (Å²) in [6.45, 7) is 3.68. The van der Waals surface area contributed by atoms with Crippen molar-refractivity contribution >= 4 is 28.8 Å². The molecule has 8 heteroatoms. The minimum atomic E-state index is -0.341. The van der Waals surface area contributed by atoms with E-state index in [-0.39, 0.29) is 30.0 Å². The maximum atomic E-state index is 13.1. The summed E-state index contributed by atoms with van der Waals surface area (Å²) in [5.41, 5.74) is 0.641. The van der Waals surface area contributed by atoms with Gasteiger partial charge in [0.2, 0.25) is 11.8 Å². The van der Waals surface area contributed by atoms with Gasteiger partial charge in [-0.1, -0.05) is 0 Å². The quantitative estimate of drug-likeness (QED) is 0.811. The molecule has 0 N–H and O–H groups in total. The number of anilines is 1. The summed E-state index contributed by atoms with van der Waals surface area (Å²) >= 11 is 1.62. The summed E-state index contributed by atoms with van der Waals surface area (Å²) in [6.07, 6.45) is 1.97. The minimum Gasteiger partial charge on any atom is -0.342 e. The largest absolute Gasteiger partial charge is 0.342 e. The second-order valence-corrected chi connectivity index (χ2v) is 8.35. The van der Waals surface area contributed by atoms with Crippen LogP contribution < -0.4 is 4.90 Å². The molecule has 4 rings (SSSR count). The Hall–Kier alpha value is -2.35. The van der Waals surface area contributed by atoms with Gasteiger partial charge >= 0.3 is 0 Å². The summed E-state index contributed by atoms with van der Waals surface area (Å²) in [5, 5.41) is 10.3. The highest BCUT2D eigenvalue weighted by atomic mass is 32.1. The summed E-state index contributed by atoms with van der Waals surface area (Å²) in [6, 6.07) is 5.82. The first-order chi connectivity index (χ1) is 13.0. The van der Waals surface area contributed by atoms with Crippen LogP contribution in [0.15, 0.2) is 24.3 Å².